The van der Waals surface area contributed by atoms with Crippen LogP contribution >= 0.6 is 23.4 Å². The molecule has 142 valence electrons. The minimum Gasteiger partial charge on any atom is -0.497 e. The molecule has 1 N–H and O–H groups in total. The summed E-state index contributed by atoms with van der Waals surface area (Å²) in [7, 11) is 1.43. The van der Waals surface area contributed by atoms with E-state index in [1.165, 1.54) is 25.3 Å². The summed E-state index contributed by atoms with van der Waals surface area (Å²) in [6, 6.07) is 9.29. The van der Waals surface area contributed by atoms with Gasteiger partial charge in [-0.1, -0.05) is 11.6 Å². The number of amides is 1. The van der Waals surface area contributed by atoms with Crippen LogP contribution in [0, 0.1) is 10.1 Å². The molecular weight excluding hydrogens is 390 g/mol. The van der Waals surface area contributed by atoms with Crippen molar-refractivity contribution in [2.45, 2.75) is 0 Å². The van der Waals surface area contributed by atoms with Crippen molar-refractivity contribution in [1.82, 2.24) is 0 Å². The molecule has 9 heteroatoms. The van der Waals surface area contributed by atoms with Crippen LogP contribution in [0.4, 0.5) is 17.1 Å². The Bertz CT molecular complexity index is 872. The molecule has 0 bridgehead atoms. The Morgan fingerprint density at radius 2 is 2.00 bits per heavy atom. The summed E-state index contributed by atoms with van der Waals surface area (Å²) in [4.78, 5) is 25.4. The topological polar surface area (TPSA) is 84.7 Å². The summed E-state index contributed by atoms with van der Waals surface area (Å²) in [6.07, 6.45) is 0. The lowest BCUT2D eigenvalue weighted by Crippen LogP contribution is -2.32. The number of thioether (sulfide) groups is 1. The van der Waals surface area contributed by atoms with Gasteiger partial charge < -0.3 is 15.0 Å². The average Bonchev–Trinajstić information content (AvgIpc) is 2.68. The smallest absolute Gasteiger partial charge is 0.282 e. The van der Waals surface area contributed by atoms with Crippen molar-refractivity contribution in [3.05, 3.63) is 57.1 Å². The van der Waals surface area contributed by atoms with E-state index in [0.717, 1.165) is 30.3 Å². The zero-order valence-electron chi connectivity index (χ0n) is 14.6. The second-order valence-corrected chi connectivity index (χ2v) is 7.49. The Balaban J connectivity index is 1.82. The Labute approximate surface area is 165 Å². The van der Waals surface area contributed by atoms with Crippen LogP contribution in [-0.4, -0.2) is 42.5 Å². The summed E-state index contributed by atoms with van der Waals surface area (Å²) in [5, 5.41) is 14.4. The molecule has 1 amide bonds. The monoisotopic (exact) mass is 407 g/mol. The molecule has 27 heavy (non-hydrogen) atoms. The molecule has 1 aliphatic heterocycles. The second-order valence-electron chi connectivity index (χ2n) is 5.86. The van der Waals surface area contributed by atoms with Crippen molar-refractivity contribution < 1.29 is 14.5 Å². The first-order valence-electron chi connectivity index (χ1n) is 8.25. The highest BCUT2D eigenvalue weighted by Gasteiger charge is 2.22. The number of carbonyl (C=O) groups excluding carboxylic acids is 1. The Morgan fingerprint density at radius 1 is 1.26 bits per heavy atom. The van der Waals surface area contributed by atoms with Crippen molar-refractivity contribution in [3.63, 3.8) is 0 Å². The number of nitro benzene ring substituents is 1. The van der Waals surface area contributed by atoms with Gasteiger partial charge in [0.05, 0.1) is 22.7 Å². The van der Waals surface area contributed by atoms with E-state index < -0.39 is 10.8 Å². The maximum absolute atomic E-state index is 12.6. The third-order valence-corrected chi connectivity index (χ3v) is 5.45. The lowest BCUT2D eigenvalue weighted by atomic mass is 10.1. The Kier molecular flexibility index (Phi) is 6.08. The van der Waals surface area contributed by atoms with Crippen LogP contribution < -0.4 is 15.0 Å². The molecule has 0 unspecified atom stereocenters. The second kappa shape index (κ2) is 8.49. The number of methoxy groups -OCH3 is 1. The summed E-state index contributed by atoms with van der Waals surface area (Å²) in [6.45, 7) is 1.85. The van der Waals surface area contributed by atoms with Gasteiger partial charge in [0.1, 0.15) is 11.3 Å². The first-order valence-corrected chi connectivity index (χ1v) is 9.79. The fourth-order valence-corrected chi connectivity index (χ4v) is 4.03. The maximum Gasteiger partial charge on any atom is 0.282 e. The van der Waals surface area contributed by atoms with Crippen molar-refractivity contribution >= 4 is 46.3 Å². The van der Waals surface area contributed by atoms with Crippen LogP contribution in [0.3, 0.4) is 0 Å². The zero-order valence-corrected chi connectivity index (χ0v) is 16.2. The molecule has 0 spiro atoms. The molecule has 7 nitrogen and oxygen atoms in total. The largest absolute Gasteiger partial charge is 0.497 e. The van der Waals surface area contributed by atoms with E-state index in [0.29, 0.717) is 16.5 Å². The standard InChI is InChI=1S/C18H18ClN3O4S/c1-26-13-3-5-16(22(24)25)14(11-13)18(23)20-12-2-4-17(15(19)10-12)21-6-8-27-9-7-21/h2-5,10-11H,6-9H2,1H3,(H,20,23). The SMILES string of the molecule is COc1ccc([N+](=O)[O-])c(C(=O)Nc2ccc(N3CCSCC3)c(Cl)c2)c1. The lowest BCUT2D eigenvalue weighted by molar-refractivity contribution is -0.385. The van der Waals surface area contributed by atoms with E-state index in [4.69, 9.17) is 16.3 Å². The van der Waals surface area contributed by atoms with Crippen molar-refractivity contribution in [1.29, 1.82) is 0 Å². The first kappa shape index (κ1) is 19.3. The third-order valence-electron chi connectivity index (χ3n) is 4.20. The number of nitro groups is 1. The molecule has 0 saturated carbocycles. The third kappa shape index (κ3) is 4.45. The fraction of sp³-hybridized carbons (Fsp3) is 0.278. The number of ether oxygens (including phenoxy) is 1. The Hall–Kier alpha value is -2.45. The molecule has 2 aromatic carbocycles. The number of carbonyl (C=O) groups is 1. The number of nitrogens with one attached hydrogen (secondary N) is 1. The van der Waals surface area contributed by atoms with E-state index in [-0.39, 0.29) is 11.3 Å². The van der Waals surface area contributed by atoms with Gasteiger partial charge in [0.2, 0.25) is 0 Å². The normalized spacial score (nSPS) is 13.9. The number of hydrogen-bond acceptors (Lipinski definition) is 6. The van der Waals surface area contributed by atoms with Gasteiger partial charge in [0, 0.05) is 36.3 Å². The van der Waals surface area contributed by atoms with E-state index in [1.54, 1.807) is 12.1 Å². The van der Waals surface area contributed by atoms with Crippen LogP contribution in [-0.2, 0) is 0 Å². The zero-order chi connectivity index (χ0) is 19.4. The van der Waals surface area contributed by atoms with Crippen LogP contribution in [0.5, 0.6) is 5.75 Å². The molecule has 0 aromatic heterocycles. The van der Waals surface area contributed by atoms with Gasteiger partial charge in [-0.25, -0.2) is 0 Å². The van der Waals surface area contributed by atoms with E-state index >= 15 is 0 Å². The minimum atomic E-state index is -0.598. The molecule has 1 saturated heterocycles. The fourth-order valence-electron chi connectivity index (χ4n) is 2.83. The van der Waals surface area contributed by atoms with Crippen LogP contribution in [0.15, 0.2) is 36.4 Å². The van der Waals surface area contributed by atoms with E-state index in [9.17, 15) is 14.9 Å². The summed E-state index contributed by atoms with van der Waals surface area (Å²) >= 11 is 8.30. The molecule has 0 atom stereocenters. The predicted octanol–water partition coefficient (Wildman–Crippen LogP) is 4.06. The first-order chi connectivity index (χ1) is 13.0. The number of nitrogens with zero attached hydrogens (tertiary/aromatic N) is 2. The highest BCUT2D eigenvalue weighted by molar-refractivity contribution is 7.99. The van der Waals surface area contributed by atoms with Crippen molar-refractivity contribution in [2.75, 3.05) is 41.9 Å². The van der Waals surface area contributed by atoms with Gasteiger partial charge >= 0.3 is 0 Å². The number of halogens is 1. The highest BCUT2D eigenvalue weighted by Crippen LogP contribution is 2.31. The van der Waals surface area contributed by atoms with Gasteiger partial charge in [0.15, 0.2) is 0 Å². The summed E-state index contributed by atoms with van der Waals surface area (Å²) < 4.78 is 5.06. The van der Waals surface area contributed by atoms with Gasteiger partial charge in [-0.05, 0) is 30.3 Å². The van der Waals surface area contributed by atoms with Crippen LogP contribution in [0.25, 0.3) is 0 Å². The van der Waals surface area contributed by atoms with Gasteiger partial charge in [-0.3, -0.25) is 14.9 Å². The maximum atomic E-state index is 12.6. The summed E-state index contributed by atoms with van der Waals surface area (Å²) in [5.74, 6) is 1.86. The molecular formula is C18H18ClN3O4S. The van der Waals surface area contributed by atoms with Crippen LogP contribution in [0.1, 0.15) is 10.4 Å². The molecule has 3 rings (SSSR count). The predicted molar refractivity (Wildman–Crippen MR) is 109 cm³/mol. The van der Waals surface area contributed by atoms with E-state index in [1.807, 2.05) is 17.8 Å². The van der Waals surface area contributed by atoms with Crippen LogP contribution in [0.2, 0.25) is 5.02 Å². The van der Waals surface area contributed by atoms with Gasteiger partial charge in [-0.2, -0.15) is 11.8 Å². The molecule has 2 aromatic rings. The molecule has 0 aliphatic carbocycles. The molecule has 1 fully saturated rings. The number of benzene rings is 2. The van der Waals surface area contributed by atoms with E-state index in [2.05, 4.69) is 10.2 Å². The highest BCUT2D eigenvalue weighted by atomic mass is 35.5. The lowest BCUT2D eigenvalue weighted by Gasteiger charge is -2.29. The number of rotatable bonds is 5. The van der Waals surface area contributed by atoms with Crippen molar-refractivity contribution in [3.8, 4) is 5.75 Å². The van der Waals surface area contributed by atoms with Gasteiger partial charge in [0.25, 0.3) is 11.6 Å². The molecule has 1 aliphatic rings. The molecule has 0 radical (unpaired) electrons. The molecule has 1 heterocycles. The Morgan fingerprint density at radius 3 is 2.63 bits per heavy atom. The summed E-state index contributed by atoms with van der Waals surface area (Å²) in [5.41, 5.74) is 1.02. The average molecular weight is 408 g/mol. The minimum absolute atomic E-state index is 0.0763. The van der Waals surface area contributed by atoms with Crippen molar-refractivity contribution in [2.24, 2.45) is 0 Å². The quantitative estimate of drug-likeness (QED) is 0.594. The van der Waals surface area contributed by atoms with Gasteiger partial charge in [-0.15, -0.1) is 0 Å². The number of anilines is 2. The number of hydrogen-bond donors (Lipinski definition) is 1.